The lowest BCUT2D eigenvalue weighted by atomic mass is 10.1. The van der Waals surface area contributed by atoms with Gasteiger partial charge >= 0.3 is 11.8 Å². The molecule has 0 heterocycles. The molecule has 7 heteroatoms. The van der Waals surface area contributed by atoms with Gasteiger partial charge in [0.1, 0.15) is 11.4 Å². The third-order valence-corrected chi connectivity index (χ3v) is 1.58. The minimum atomic E-state index is -4.87. The van der Waals surface area contributed by atoms with Gasteiger partial charge in [0.2, 0.25) is 0 Å². The summed E-state index contributed by atoms with van der Waals surface area (Å²) in [4.78, 5) is 0. The highest BCUT2D eigenvalue weighted by Crippen LogP contribution is 2.43. The highest BCUT2D eigenvalue weighted by Gasteiger charge is 2.58. The van der Waals surface area contributed by atoms with E-state index >= 15 is 0 Å². The van der Waals surface area contributed by atoms with Gasteiger partial charge in [0.05, 0.1) is 6.67 Å². The summed E-state index contributed by atoms with van der Waals surface area (Å²) in [6.45, 7) is -1.64. The Labute approximate surface area is 75.2 Å². The van der Waals surface area contributed by atoms with Crippen LogP contribution in [0.15, 0.2) is 11.4 Å². The van der Waals surface area contributed by atoms with Crippen molar-refractivity contribution in [1.29, 1.82) is 0 Å². The van der Waals surface area contributed by atoms with Gasteiger partial charge in [-0.3, -0.25) is 4.39 Å². The van der Waals surface area contributed by atoms with Crippen molar-refractivity contribution in [1.82, 2.24) is 0 Å². The van der Waals surface area contributed by atoms with Crippen LogP contribution in [0.5, 0.6) is 0 Å². The largest absolute Gasteiger partial charge is 0.347 e. The lowest BCUT2D eigenvalue weighted by Gasteiger charge is -2.24. The van der Waals surface area contributed by atoms with Crippen molar-refractivity contribution in [3.8, 4) is 0 Å². The van der Waals surface area contributed by atoms with E-state index in [4.69, 9.17) is 0 Å². The second kappa shape index (κ2) is 4.21. The molecule has 0 aliphatic heterocycles. The quantitative estimate of drug-likeness (QED) is 0.642. The molecule has 0 aromatic rings. The molecule has 0 aliphatic rings. The second-order valence-electron chi connectivity index (χ2n) is 2.17. The third kappa shape index (κ3) is 2.52. The second-order valence-corrected chi connectivity index (χ2v) is 2.58. The molecular weight excluding hydrogens is 222 g/mol. The van der Waals surface area contributed by atoms with Gasteiger partial charge in [-0.2, -0.15) is 17.6 Å². The fourth-order valence-corrected chi connectivity index (χ4v) is 0.657. The van der Waals surface area contributed by atoms with Crippen LogP contribution in [-0.4, -0.2) is 18.5 Å². The molecule has 0 atom stereocenters. The molecular formula is C6H5ClF6. The summed E-state index contributed by atoms with van der Waals surface area (Å²) in [5.41, 5.74) is 0. The van der Waals surface area contributed by atoms with E-state index in [1.807, 2.05) is 0 Å². The smallest absolute Gasteiger partial charge is 0.251 e. The molecule has 0 aromatic carbocycles. The standard InChI is InChI=1S/C6H5ClF6/c7-4(3-9)6(12,13)5(10,11)1-2-8/h3H,1-2H2. The first-order chi connectivity index (χ1) is 5.79. The number of allylic oxidation sites excluding steroid dienone is 1. The summed E-state index contributed by atoms with van der Waals surface area (Å²) in [5.74, 6) is -9.54. The Bertz CT molecular complexity index is 199. The minimum Gasteiger partial charge on any atom is -0.251 e. The summed E-state index contributed by atoms with van der Waals surface area (Å²) < 4.78 is 72.4. The summed E-state index contributed by atoms with van der Waals surface area (Å²) in [7, 11) is 0. The lowest BCUT2D eigenvalue weighted by molar-refractivity contribution is -0.187. The first kappa shape index (κ1) is 12.6. The molecule has 0 bridgehead atoms. The maximum absolute atomic E-state index is 12.4. The predicted octanol–water partition coefficient (Wildman–Crippen LogP) is 3.67. The average Bonchev–Trinajstić information content (AvgIpc) is 2.02. The van der Waals surface area contributed by atoms with E-state index in [2.05, 4.69) is 11.6 Å². The molecule has 0 rings (SSSR count). The molecule has 0 saturated carbocycles. The Morgan fingerprint density at radius 2 is 1.69 bits per heavy atom. The Balaban J connectivity index is 4.80. The van der Waals surface area contributed by atoms with Gasteiger partial charge in [-0.25, -0.2) is 4.39 Å². The normalized spacial score (nSPS) is 14.8. The van der Waals surface area contributed by atoms with Crippen LogP contribution in [0.25, 0.3) is 0 Å². The van der Waals surface area contributed by atoms with Crippen LogP contribution in [0.1, 0.15) is 6.42 Å². The third-order valence-electron chi connectivity index (χ3n) is 1.26. The minimum absolute atomic E-state index is 0.840. The Kier molecular flexibility index (Phi) is 4.09. The van der Waals surface area contributed by atoms with Crippen LogP contribution in [0.2, 0.25) is 0 Å². The van der Waals surface area contributed by atoms with E-state index in [0.29, 0.717) is 0 Å². The maximum atomic E-state index is 12.4. The summed E-state index contributed by atoms with van der Waals surface area (Å²) in [6.07, 6.45) is -2.54. The van der Waals surface area contributed by atoms with E-state index in [0.717, 1.165) is 0 Å². The van der Waals surface area contributed by atoms with Gasteiger partial charge in [-0.05, 0) is 0 Å². The van der Waals surface area contributed by atoms with Crippen molar-refractivity contribution in [3.05, 3.63) is 11.4 Å². The van der Waals surface area contributed by atoms with Crippen LogP contribution in [0.3, 0.4) is 0 Å². The Morgan fingerprint density at radius 3 is 2.00 bits per heavy atom. The number of halogens is 7. The molecule has 0 aliphatic carbocycles. The van der Waals surface area contributed by atoms with Gasteiger partial charge in [-0.1, -0.05) is 11.6 Å². The molecule has 0 N–H and O–H groups in total. The molecule has 0 radical (unpaired) electrons. The molecule has 78 valence electrons. The fourth-order valence-electron chi connectivity index (χ4n) is 0.519. The van der Waals surface area contributed by atoms with Crippen LogP contribution in [-0.2, 0) is 0 Å². The van der Waals surface area contributed by atoms with Crippen molar-refractivity contribution >= 4 is 11.6 Å². The number of hydrogen-bond donors (Lipinski definition) is 0. The Hall–Kier alpha value is -0.390. The number of rotatable bonds is 4. The Morgan fingerprint density at radius 1 is 1.23 bits per heavy atom. The molecule has 0 fully saturated rings. The lowest BCUT2D eigenvalue weighted by Crippen LogP contribution is -2.41. The van der Waals surface area contributed by atoms with Gasteiger partial charge in [-0.15, -0.1) is 0 Å². The van der Waals surface area contributed by atoms with Crippen molar-refractivity contribution in [3.63, 3.8) is 0 Å². The van der Waals surface area contributed by atoms with E-state index in [1.165, 1.54) is 0 Å². The zero-order valence-corrected chi connectivity index (χ0v) is 6.89. The molecule has 0 unspecified atom stereocenters. The van der Waals surface area contributed by atoms with E-state index in [1.54, 1.807) is 0 Å². The van der Waals surface area contributed by atoms with Gasteiger partial charge < -0.3 is 0 Å². The van der Waals surface area contributed by atoms with Crippen LogP contribution >= 0.6 is 11.6 Å². The number of alkyl halides is 5. The maximum Gasteiger partial charge on any atom is 0.347 e. The first-order valence-electron chi connectivity index (χ1n) is 3.07. The molecule has 0 nitrogen and oxygen atoms in total. The van der Waals surface area contributed by atoms with Gasteiger partial charge in [0.25, 0.3) is 0 Å². The fraction of sp³-hybridized carbons (Fsp3) is 0.667. The first-order valence-corrected chi connectivity index (χ1v) is 3.45. The van der Waals surface area contributed by atoms with E-state index < -0.39 is 36.3 Å². The highest BCUT2D eigenvalue weighted by atomic mass is 35.5. The average molecular weight is 227 g/mol. The monoisotopic (exact) mass is 226 g/mol. The predicted molar refractivity (Wildman–Crippen MR) is 35.5 cm³/mol. The summed E-state index contributed by atoms with van der Waals surface area (Å²) in [5, 5.41) is -1.94. The van der Waals surface area contributed by atoms with Crippen LogP contribution in [0.4, 0.5) is 26.3 Å². The van der Waals surface area contributed by atoms with E-state index in [-0.39, 0.29) is 0 Å². The van der Waals surface area contributed by atoms with Gasteiger partial charge in [0, 0.05) is 6.42 Å². The van der Waals surface area contributed by atoms with Crippen molar-refractivity contribution < 1.29 is 26.3 Å². The van der Waals surface area contributed by atoms with Crippen LogP contribution < -0.4 is 0 Å². The van der Waals surface area contributed by atoms with Crippen molar-refractivity contribution in [2.24, 2.45) is 0 Å². The zero-order valence-electron chi connectivity index (χ0n) is 6.14. The highest BCUT2D eigenvalue weighted by molar-refractivity contribution is 6.30. The molecule has 0 aromatic heterocycles. The van der Waals surface area contributed by atoms with Crippen molar-refractivity contribution in [2.75, 3.05) is 6.67 Å². The molecule has 0 spiro atoms. The van der Waals surface area contributed by atoms with E-state index in [9.17, 15) is 26.3 Å². The van der Waals surface area contributed by atoms with Crippen molar-refractivity contribution in [2.45, 2.75) is 18.3 Å². The van der Waals surface area contributed by atoms with Gasteiger partial charge in [0.15, 0.2) is 0 Å². The number of hydrogen-bond acceptors (Lipinski definition) is 0. The summed E-state index contributed by atoms with van der Waals surface area (Å²) >= 11 is 4.51. The topological polar surface area (TPSA) is 0 Å². The van der Waals surface area contributed by atoms with Crippen LogP contribution in [0, 0.1) is 0 Å². The molecule has 13 heavy (non-hydrogen) atoms. The molecule has 0 amide bonds. The SMILES string of the molecule is FC=C(Cl)C(F)(F)C(F)(F)CCF. The zero-order chi connectivity index (χ0) is 10.7. The summed E-state index contributed by atoms with van der Waals surface area (Å²) in [6, 6.07) is 0. The molecule has 0 saturated heterocycles.